The highest BCUT2D eigenvalue weighted by atomic mass is 19.1. The first-order valence-corrected chi connectivity index (χ1v) is 9.37. The molecule has 10 heteroatoms. The molecule has 0 atom stereocenters. The number of halogens is 2. The van der Waals surface area contributed by atoms with E-state index in [0.29, 0.717) is 0 Å². The van der Waals surface area contributed by atoms with Crippen molar-refractivity contribution in [3.05, 3.63) is 92.6 Å². The minimum absolute atomic E-state index is 0.000418. The van der Waals surface area contributed by atoms with E-state index in [1.807, 2.05) is 0 Å². The lowest BCUT2D eigenvalue weighted by Crippen LogP contribution is -2.15. The number of aromatic nitrogens is 3. The second kappa shape index (κ2) is 7.05. The van der Waals surface area contributed by atoms with Crippen molar-refractivity contribution in [1.82, 2.24) is 14.5 Å². The first-order valence-electron chi connectivity index (χ1n) is 9.37. The molecule has 5 aromatic rings. The van der Waals surface area contributed by atoms with E-state index in [-0.39, 0.29) is 44.3 Å². The van der Waals surface area contributed by atoms with Gasteiger partial charge in [-0.2, -0.15) is 0 Å². The van der Waals surface area contributed by atoms with E-state index in [2.05, 4.69) is 9.97 Å². The Morgan fingerprint density at radius 3 is 2.69 bits per heavy atom. The number of pyridine rings is 2. The fourth-order valence-corrected chi connectivity index (χ4v) is 3.96. The molecule has 0 fully saturated rings. The van der Waals surface area contributed by atoms with E-state index in [9.17, 15) is 28.3 Å². The van der Waals surface area contributed by atoms with Crippen LogP contribution in [0.25, 0.3) is 33.0 Å². The van der Waals surface area contributed by atoms with Crippen molar-refractivity contribution in [3.8, 4) is 11.1 Å². The molecule has 0 aliphatic rings. The average Bonchev–Trinajstić information content (AvgIpc) is 3.35. The Morgan fingerprint density at radius 1 is 1.12 bits per heavy atom. The van der Waals surface area contributed by atoms with Gasteiger partial charge in [-0.05, 0) is 24.3 Å². The average molecular weight is 437 g/mol. The predicted octanol–water partition coefficient (Wildman–Crippen LogP) is 3.46. The molecular weight excluding hydrogens is 424 g/mol. The van der Waals surface area contributed by atoms with Gasteiger partial charge in [0.05, 0.1) is 34.7 Å². The third-order valence-electron chi connectivity index (χ3n) is 5.29. The summed E-state index contributed by atoms with van der Waals surface area (Å²) < 4.78 is 35.8. The first kappa shape index (κ1) is 19.5. The SMILES string of the molecule is O=C(O)c1c(-c2ccc[nH]c2=O)c2c3occc3c(F)cc2n1Cc1cc(=O)[nH]cc1F. The van der Waals surface area contributed by atoms with Gasteiger partial charge in [-0.1, -0.05) is 0 Å². The number of carboxylic acid groups (broad SMARTS) is 1. The van der Waals surface area contributed by atoms with E-state index in [1.165, 1.54) is 30.7 Å². The number of hydrogen-bond acceptors (Lipinski definition) is 4. The highest BCUT2D eigenvalue weighted by Crippen LogP contribution is 2.40. The summed E-state index contributed by atoms with van der Waals surface area (Å²) in [6.07, 6.45) is 3.50. The van der Waals surface area contributed by atoms with Crippen LogP contribution >= 0.6 is 0 Å². The lowest BCUT2D eigenvalue weighted by Gasteiger charge is -2.10. The molecule has 0 amide bonds. The lowest BCUT2D eigenvalue weighted by molar-refractivity contribution is 0.0687. The number of furan rings is 1. The molecule has 1 aromatic carbocycles. The van der Waals surface area contributed by atoms with Gasteiger partial charge in [-0.25, -0.2) is 13.6 Å². The monoisotopic (exact) mass is 437 g/mol. The Hall–Kier alpha value is -4.47. The third kappa shape index (κ3) is 2.84. The second-order valence-electron chi connectivity index (χ2n) is 7.11. The third-order valence-corrected chi connectivity index (χ3v) is 5.29. The predicted molar refractivity (Wildman–Crippen MR) is 111 cm³/mol. The largest absolute Gasteiger partial charge is 0.477 e. The smallest absolute Gasteiger partial charge is 0.353 e. The zero-order chi connectivity index (χ0) is 22.6. The van der Waals surface area contributed by atoms with Crippen LogP contribution in [0.5, 0.6) is 0 Å². The van der Waals surface area contributed by atoms with Crippen molar-refractivity contribution < 1.29 is 23.1 Å². The van der Waals surface area contributed by atoms with Crippen molar-refractivity contribution in [2.45, 2.75) is 6.54 Å². The van der Waals surface area contributed by atoms with Crippen LogP contribution in [-0.4, -0.2) is 25.6 Å². The number of fused-ring (bicyclic) bond motifs is 3. The van der Waals surface area contributed by atoms with E-state index >= 15 is 0 Å². The highest BCUT2D eigenvalue weighted by molar-refractivity contribution is 6.17. The number of rotatable bonds is 4. The Kier molecular flexibility index (Phi) is 4.29. The van der Waals surface area contributed by atoms with Gasteiger partial charge >= 0.3 is 5.97 Å². The van der Waals surface area contributed by atoms with Crippen LogP contribution in [0.15, 0.2) is 63.0 Å². The zero-order valence-electron chi connectivity index (χ0n) is 16.1. The van der Waals surface area contributed by atoms with Gasteiger partial charge in [0.2, 0.25) is 5.56 Å². The molecule has 0 spiro atoms. The van der Waals surface area contributed by atoms with Crippen molar-refractivity contribution in [3.63, 3.8) is 0 Å². The lowest BCUT2D eigenvalue weighted by atomic mass is 10.0. The number of carboxylic acids is 1. The molecule has 160 valence electrons. The quantitative estimate of drug-likeness (QED) is 0.398. The van der Waals surface area contributed by atoms with Crippen LogP contribution < -0.4 is 11.1 Å². The topological polar surface area (TPSA) is 121 Å². The molecule has 0 aliphatic heterocycles. The van der Waals surface area contributed by atoms with Gasteiger partial charge in [0.15, 0.2) is 0 Å². The molecule has 0 saturated heterocycles. The van der Waals surface area contributed by atoms with E-state index in [0.717, 1.165) is 22.9 Å². The van der Waals surface area contributed by atoms with Crippen molar-refractivity contribution in [2.75, 3.05) is 0 Å². The Morgan fingerprint density at radius 2 is 1.94 bits per heavy atom. The molecule has 3 N–H and O–H groups in total. The summed E-state index contributed by atoms with van der Waals surface area (Å²) in [6.45, 7) is -0.399. The summed E-state index contributed by atoms with van der Waals surface area (Å²) in [7, 11) is 0. The maximum atomic E-state index is 14.8. The number of aromatic carboxylic acids is 1. The molecule has 32 heavy (non-hydrogen) atoms. The summed E-state index contributed by atoms with van der Waals surface area (Å²) in [4.78, 5) is 41.4. The molecule has 0 unspecified atom stereocenters. The van der Waals surface area contributed by atoms with Gasteiger partial charge in [-0.15, -0.1) is 0 Å². The molecule has 4 aromatic heterocycles. The van der Waals surface area contributed by atoms with Crippen LogP contribution in [0.1, 0.15) is 16.1 Å². The second-order valence-corrected chi connectivity index (χ2v) is 7.11. The number of nitrogens with one attached hydrogen (secondary N) is 2. The number of hydrogen-bond donors (Lipinski definition) is 3. The fraction of sp³-hybridized carbons (Fsp3) is 0.0455. The highest BCUT2D eigenvalue weighted by Gasteiger charge is 2.29. The van der Waals surface area contributed by atoms with Gasteiger partial charge < -0.3 is 24.1 Å². The van der Waals surface area contributed by atoms with Crippen molar-refractivity contribution >= 4 is 27.8 Å². The number of nitrogens with zero attached hydrogens (tertiary/aromatic N) is 1. The van der Waals surface area contributed by atoms with Gasteiger partial charge in [-0.3, -0.25) is 9.59 Å². The van der Waals surface area contributed by atoms with Crippen LogP contribution in [0.4, 0.5) is 8.78 Å². The van der Waals surface area contributed by atoms with Crippen LogP contribution in [0.2, 0.25) is 0 Å². The Bertz CT molecular complexity index is 1660. The molecule has 0 saturated carbocycles. The number of aromatic amines is 2. The number of carbonyl (C=O) groups is 1. The van der Waals surface area contributed by atoms with E-state index < -0.39 is 35.3 Å². The molecule has 5 rings (SSSR count). The van der Waals surface area contributed by atoms with E-state index in [1.54, 1.807) is 0 Å². The summed E-state index contributed by atoms with van der Waals surface area (Å²) in [5, 5.41) is 10.4. The van der Waals surface area contributed by atoms with Crippen LogP contribution in [-0.2, 0) is 6.54 Å². The first-order chi connectivity index (χ1) is 15.4. The standard InChI is InChI=1S/C22H13F2N3O5/c23-13-7-15-18(20-11(13)3-5-32-20)17(12-2-1-4-25-21(12)29)19(22(30)31)27(15)9-10-6-16(28)26-8-14(10)24/h1-8H,9H2,(H,25,29)(H,26,28)(H,30,31). The summed E-state index contributed by atoms with van der Waals surface area (Å²) >= 11 is 0. The molecule has 0 aliphatic carbocycles. The minimum atomic E-state index is -1.43. The number of benzene rings is 1. The van der Waals surface area contributed by atoms with Crippen molar-refractivity contribution in [2.24, 2.45) is 0 Å². The Balaban J connectivity index is 1.97. The van der Waals surface area contributed by atoms with Crippen LogP contribution in [0.3, 0.4) is 0 Å². The van der Waals surface area contributed by atoms with Crippen molar-refractivity contribution in [1.29, 1.82) is 0 Å². The minimum Gasteiger partial charge on any atom is -0.477 e. The molecule has 4 heterocycles. The normalized spacial score (nSPS) is 11.4. The fourth-order valence-electron chi connectivity index (χ4n) is 3.96. The summed E-state index contributed by atoms with van der Waals surface area (Å²) in [5.41, 5.74) is -1.51. The summed E-state index contributed by atoms with van der Waals surface area (Å²) in [6, 6.07) is 6.42. The summed E-state index contributed by atoms with van der Waals surface area (Å²) in [5.74, 6) is -2.89. The van der Waals surface area contributed by atoms with Gasteiger partial charge in [0.1, 0.15) is 22.9 Å². The molecule has 8 nitrogen and oxygen atoms in total. The van der Waals surface area contributed by atoms with Gasteiger partial charge in [0.25, 0.3) is 5.56 Å². The van der Waals surface area contributed by atoms with Crippen LogP contribution in [0, 0.1) is 11.6 Å². The maximum absolute atomic E-state index is 14.8. The maximum Gasteiger partial charge on any atom is 0.353 e. The molecule has 0 radical (unpaired) electrons. The van der Waals surface area contributed by atoms with Gasteiger partial charge in [0, 0.05) is 29.6 Å². The molecule has 0 bridgehead atoms. The van der Waals surface area contributed by atoms with E-state index in [4.69, 9.17) is 4.42 Å². The Labute approximate surface area is 176 Å². The zero-order valence-corrected chi connectivity index (χ0v) is 16.1. The number of H-pyrrole nitrogens is 2. The molecular formula is C22H13F2N3O5.